The van der Waals surface area contributed by atoms with Crippen LogP contribution in [-0.2, 0) is 4.79 Å². The van der Waals surface area contributed by atoms with Crippen molar-refractivity contribution >= 4 is 11.9 Å². The number of aromatic nitrogens is 1. The number of aliphatic hydroxyl groups excluding tert-OH is 1. The maximum absolute atomic E-state index is 11.8. The Kier molecular flexibility index (Phi) is 4.91. The molecule has 100 valence electrons. The zero-order valence-corrected chi connectivity index (χ0v) is 10.5. The summed E-state index contributed by atoms with van der Waals surface area (Å²) in [6, 6.07) is 3.65. The standard InChI is InChI=1S/C12H18N2O4/c1-8(2)14-7-3-4-9(14)11(16)13-6-5-10(15)12(17)18/h3-4,7-8,10,15H,5-6H2,1-2H3,(H,13,16)(H,17,18). The zero-order valence-electron chi connectivity index (χ0n) is 10.5. The predicted octanol–water partition coefficient (Wildman–Crippen LogP) is 0.634. The lowest BCUT2D eigenvalue weighted by Crippen LogP contribution is -2.31. The van der Waals surface area contributed by atoms with E-state index in [9.17, 15) is 9.59 Å². The molecule has 18 heavy (non-hydrogen) atoms. The van der Waals surface area contributed by atoms with Gasteiger partial charge in [-0.25, -0.2) is 4.79 Å². The number of carboxylic acid groups (broad SMARTS) is 1. The second-order valence-corrected chi connectivity index (χ2v) is 4.29. The first-order chi connectivity index (χ1) is 8.43. The molecular formula is C12H18N2O4. The molecule has 1 aromatic heterocycles. The molecule has 1 aromatic rings. The van der Waals surface area contributed by atoms with Crippen molar-refractivity contribution in [3.63, 3.8) is 0 Å². The third-order valence-corrected chi connectivity index (χ3v) is 2.56. The maximum atomic E-state index is 11.8. The molecule has 1 unspecified atom stereocenters. The van der Waals surface area contributed by atoms with E-state index < -0.39 is 12.1 Å². The van der Waals surface area contributed by atoms with Gasteiger partial charge in [-0.1, -0.05) is 0 Å². The van der Waals surface area contributed by atoms with Crippen LogP contribution < -0.4 is 5.32 Å². The number of nitrogens with one attached hydrogen (secondary N) is 1. The zero-order chi connectivity index (χ0) is 13.7. The molecule has 0 aliphatic carbocycles. The number of amides is 1. The predicted molar refractivity (Wildman–Crippen MR) is 65.4 cm³/mol. The van der Waals surface area contributed by atoms with Crippen molar-refractivity contribution in [1.82, 2.24) is 9.88 Å². The molecule has 1 atom stereocenters. The highest BCUT2D eigenvalue weighted by Crippen LogP contribution is 2.10. The van der Waals surface area contributed by atoms with Crippen molar-refractivity contribution in [2.75, 3.05) is 6.54 Å². The first kappa shape index (κ1) is 14.2. The van der Waals surface area contributed by atoms with Crippen molar-refractivity contribution < 1.29 is 19.8 Å². The number of aliphatic hydroxyl groups is 1. The van der Waals surface area contributed by atoms with Gasteiger partial charge in [0.05, 0.1) is 0 Å². The van der Waals surface area contributed by atoms with Gasteiger partial charge in [-0.2, -0.15) is 0 Å². The summed E-state index contributed by atoms with van der Waals surface area (Å²) in [5.74, 6) is -1.55. The van der Waals surface area contributed by atoms with Gasteiger partial charge >= 0.3 is 5.97 Å². The fourth-order valence-electron chi connectivity index (χ4n) is 1.57. The fourth-order valence-corrected chi connectivity index (χ4v) is 1.57. The lowest BCUT2D eigenvalue weighted by atomic mass is 10.2. The SMILES string of the molecule is CC(C)n1cccc1C(=O)NCCC(O)C(=O)O. The molecule has 0 radical (unpaired) electrons. The Morgan fingerprint density at radius 3 is 2.67 bits per heavy atom. The molecule has 0 spiro atoms. The van der Waals surface area contributed by atoms with E-state index in [0.29, 0.717) is 5.69 Å². The molecule has 1 heterocycles. The molecule has 0 bridgehead atoms. The Hall–Kier alpha value is -1.82. The highest BCUT2D eigenvalue weighted by atomic mass is 16.4. The van der Waals surface area contributed by atoms with Crippen molar-refractivity contribution in [3.8, 4) is 0 Å². The van der Waals surface area contributed by atoms with E-state index in [-0.39, 0.29) is 24.9 Å². The van der Waals surface area contributed by atoms with Crippen LogP contribution in [0.4, 0.5) is 0 Å². The van der Waals surface area contributed by atoms with Crippen LogP contribution in [0.2, 0.25) is 0 Å². The van der Waals surface area contributed by atoms with Crippen LogP contribution in [0.25, 0.3) is 0 Å². The number of carbonyl (C=O) groups is 2. The summed E-state index contributed by atoms with van der Waals surface area (Å²) in [7, 11) is 0. The van der Waals surface area contributed by atoms with E-state index in [4.69, 9.17) is 10.2 Å². The number of rotatable bonds is 6. The third-order valence-electron chi connectivity index (χ3n) is 2.56. The summed E-state index contributed by atoms with van der Waals surface area (Å²) in [5, 5.41) is 20.1. The number of carbonyl (C=O) groups excluding carboxylic acids is 1. The van der Waals surface area contributed by atoms with Gasteiger partial charge in [-0.05, 0) is 26.0 Å². The molecule has 0 fully saturated rings. The van der Waals surface area contributed by atoms with Crippen LogP contribution in [0.15, 0.2) is 18.3 Å². The van der Waals surface area contributed by atoms with E-state index in [1.54, 1.807) is 12.1 Å². The van der Waals surface area contributed by atoms with Crippen molar-refractivity contribution in [1.29, 1.82) is 0 Å². The normalized spacial score (nSPS) is 12.4. The lowest BCUT2D eigenvalue weighted by Gasteiger charge is -2.13. The second-order valence-electron chi connectivity index (χ2n) is 4.29. The Bertz CT molecular complexity index is 425. The summed E-state index contributed by atoms with van der Waals surface area (Å²) >= 11 is 0. The minimum atomic E-state index is -1.44. The van der Waals surface area contributed by atoms with E-state index in [2.05, 4.69) is 5.32 Å². The van der Waals surface area contributed by atoms with Crippen molar-refractivity contribution in [3.05, 3.63) is 24.0 Å². The summed E-state index contributed by atoms with van der Waals surface area (Å²) in [5.41, 5.74) is 0.523. The van der Waals surface area contributed by atoms with Crippen LogP contribution in [0.1, 0.15) is 36.8 Å². The van der Waals surface area contributed by atoms with Gasteiger partial charge in [0.1, 0.15) is 5.69 Å². The molecule has 6 heteroatoms. The molecule has 0 saturated heterocycles. The fraction of sp³-hybridized carbons (Fsp3) is 0.500. The Balaban J connectivity index is 2.51. The molecule has 0 saturated carbocycles. The maximum Gasteiger partial charge on any atom is 0.332 e. The molecule has 0 aromatic carbocycles. The third kappa shape index (κ3) is 3.59. The topological polar surface area (TPSA) is 91.6 Å². The van der Waals surface area contributed by atoms with Gasteiger partial charge < -0.3 is 20.1 Å². The average Bonchev–Trinajstić information content (AvgIpc) is 2.77. The number of aliphatic carboxylic acids is 1. The van der Waals surface area contributed by atoms with Gasteiger partial charge in [-0.15, -0.1) is 0 Å². The molecule has 6 nitrogen and oxygen atoms in total. The minimum Gasteiger partial charge on any atom is -0.479 e. The average molecular weight is 254 g/mol. The van der Waals surface area contributed by atoms with Crippen LogP contribution >= 0.6 is 0 Å². The van der Waals surface area contributed by atoms with Gasteiger partial charge in [0.25, 0.3) is 5.91 Å². The lowest BCUT2D eigenvalue weighted by molar-refractivity contribution is -0.146. The van der Waals surface area contributed by atoms with Crippen LogP contribution in [-0.4, -0.2) is 39.3 Å². The van der Waals surface area contributed by atoms with Crippen molar-refractivity contribution in [2.45, 2.75) is 32.4 Å². The number of nitrogens with zero attached hydrogens (tertiary/aromatic N) is 1. The number of carboxylic acids is 1. The summed E-state index contributed by atoms with van der Waals surface area (Å²) < 4.78 is 1.82. The van der Waals surface area contributed by atoms with Gasteiger partial charge in [0.15, 0.2) is 6.10 Å². The first-order valence-corrected chi connectivity index (χ1v) is 5.79. The minimum absolute atomic E-state index is 0.0105. The van der Waals surface area contributed by atoms with Crippen LogP contribution in [0, 0.1) is 0 Å². The summed E-state index contributed by atoms with van der Waals surface area (Å²) in [6.07, 6.45) is 0.358. The van der Waals surface area contributed by atoms with E-state index in [1.165, 1.54) is 0 Å². The van der Waals surface area contributed by atoms with Crippen LogP contribution in [0.5, 0.6) is 0 Å². The summed E-state index contributed by atoms with van der Waals surface area (Å²) in [4.78, 5) is 22.2. The highest BCUT2D eigenvalue weighted by molar-refractivity contribution is 5.92. The molecule has 1 amide bonds. The number of hydrogen-bond acceptors (Lipinski definition) is 3. The number of hydrogen-bond donors (Lipinski definition) is 3. The van der Waals surface area contributed by atoms with Crippen molar-refractivity contribution in [2.24, 2.45) is 0 Å². The quantitative estimate of drug-likeness (QED) is 0.694. The largest absolute Gasteiger partial charge is 0.479 e. The first-order valence-electron chi connectivity index (χ1n) is 5.79. The Labute approximate surface area is 105 Å². The monoisotopic (exact) mass is 254 g/mol. The smallest absolute Gasteiger partial charge is 0.332 e. The molecule has 0 aliphatic heterocycles. The second kappa shape index (κ2) is 6.20. The van der Waals surface area contributed by atoms with Crippen LogP contribution in [0.3, 0.4) is 0 Å². The Morgan fingerprint density at radius 1 is 1.44 bits per heavy atom. The van der Waals surface area contributed by atoms with E-state index in [0.717, 1.165) is 0 Å². The Morgan fingerprint density at radius 2 is 2.11 bits per heavy atom. The van der Waals surface area contributed by atoms with Gasteiger partial charge in [0.2, 0.25) is 0 Å². The van der Waals surface area contributed by atoms with E-state index >= 15 is 0 Å². The highest BCUT2D eigenvalue weighted by Gasteiger charge is 2.15. The molecule has 0 aliphatic rings. The van der Waals surface area contributed by atoms with Gasteiger partial charge in [0, 0.05) is 25.2 Å². The van der Waals surface area contributed by atoms with E-state index in [1.807, 2.05) is 24.6 Å². The summed E-state index contributed by atoms with van der Waals surface area (Å²) in [6.45, 7) is 4.05. The molecule has 3 N–H and O–H groups in total. The van der Waals surface area contributed by atoms with Gasteiger partial charge in [-0.3, -0.25) is 4.79 Å². The molecular weight excluding hydrogens is 236 g/mol. The molecule has 1 rings (SSSR count).